The summed E-state index contributed by atoms with van der Waals surface area (Å²) in [5.74, 6) is -3.62. The van der Waals surface area contributed by atoms with Crippen molar-refractivity contribution in [3.63, 3.8) is 0 Å². The second kappa shape index (κ2) is 10.0. The fourth-order valence-electron chi connectivity index (χ4n) is 4.01. The van der Waals surface area contributed by atoms with E-state index in [0.29, 0.717) is 5.92 Å². The highest BCUT2D eigenvalue weighted by molar-refractivity contribution is 5.27. The van der Waals surface area contributed by atoms with Gasteiger partial charge in [0.2, 0.25) is 0 Å². The standard InChI is InChI=1S/C21H31F5O/c1-2-3-4-5-6-16-7-9-17(10-8-16)18-11-13-19(14-12-18)27-21(25,26)20(23,24)15-22/h11-13,16-17,19H,2-10,14-15H2,1H3. The SMILES string of the molecule is CCCCCCC1CCC(C2=CCC(OC(F)(F)C(F)(F)CF)C=C2)CC1. The van der Waals surface area contributed by atoms with Gasteiger partial charge in [-0.05, 0) is 49.5 Å². The largest absolute Gasteiger partial charge is 0.422 e. The summed E-state index contributed by atoms with van der Waals surface area (Å²) in [6.07, 6.45) is 10.0. The maximum Gasteiger partial charge on any atom is 0.422 e. The zero-order valence-corrected chi connectivity index (χ0v) is 16.0. The van der Waals surface area contributed by atoms with Gasteiger partial charge in [-0.1, -0.05) is 57.3 Å². The van der Waals surface area contributed by atoms with Crippen LogP contribution in [0.2, 0.25) is 0 Å². The molecule has 6 heteroatoms. The minimum Gasteiger partial charge on any atom is -0.308 e. The fraction of sp³-hybridized carbons (Fsp3) is 0.810. The number of alkyl halides is 5. The summed E-state index contributed by atoms with van der Waals surface area (Å²) in [7, 11) is 0. The van der Waals surface area contributed by atoms with Gasteiger partial charge in [0, 0.05) is 0 Å². The molecule has 0 amide bonds. The summed E-state index contributed by atoms with van der Waals surface area (Å²) in [5, 5.41) is 0. The van der Waals surface area contributed by atoms with Crippen molar-refractivity contribution in [2.24, 2.45) is 11.8 Å². The van der Waals surface area contributed by atoms with E-state index in [1.165, 1.54) is 51.0 Å². The first-order valence-electron chi connectivity index (χ1n) is 10.2. The molecule has 2 aliphatic carbocycles. The van der Waals surface area contributed by atoms with Crippen LogP contribution in [-0.2, 0) is 4.74 Å². The van der Waals surface area contributed by atoms with Gasteiger partial charge < -0.3 is 4.74 Å². The van der Waals surface area contributed by atoms with Crippen molar-refractivity contribution in [1.82, 2.24) is 0 Å². The van der Waals surface area contributed by atoms with Crippen LogP contribution >= 0.6 is 0 Å². The van der Waals surface area contributed by atoms with Crippen molar-refractivity contribution < 1.29 is 26.7 Å². The number of rotatable bonds is 10. The summed E-state index contributed by atoms with van der Waals surface area (Å²) in [4.78, 5) is 0. The minimum atomic E-state index is -4.81. The van der Waals surface area contributed by atoms with E-state index in [1.807, 2.05) is 0 Å². The van der Waals surface area contributed by atoms with Crippen LogP contribution in [0.15, 0.2) is 23.8 Å². The maximum absolute atomic E-state index is 13.4. The van der Waals surface area contributed by atoms with Crippen molar-refractivity contribution in [3.05, 3.63) is 23.8 Å². The van der Waals surface area contributed by atoms with E-state index in [1.54, 1.807) is 12.2 Å². The Labute approximate surface area is 159 Å². The minimum absolute atomic E-state index is 0.112. The smallest absolute Gasteiger partial charge is 0.308 e. The van der Waals surface area contributed by atoms with Gasteiger partial charge in [-0.2, -0.15) is 17.6 Å². The van der Waals surface area contributed by atoms with Crippen molar-refractivity contribution >= 4 is 0 Å². The molecule has 0 radical (unpaired) electrons. The summed E-state index contributed by atoms with van der Waals surface area (Å²) in [5.41, 5.74) is 1.08. The summed E-state index contributed by atoms with van der Waals surface area (Å²) in [6, 6.07) is 0. The fourth-order valence-corrected chi connectivity index (χ4v) is 4.01. The summed E-state index contributed by atoms with van der Waals surface area (Å²) >= 11 is 0. The molecular weight excluding hydrogens is 363 g/mol. The van der Waals surface area contributed by atoms with Crippen LogP contribution in [-0.4, -0.2) is 24.8 Å². The molecule has 0 aliphatic heterocycles. The lowest BCUT2D eigenvalue weighted by Gasteiger charge is -2.32. The topological polar surface area (TPSA) is 9.23 Å². The van der Waals surface area contributed by atoms with Gasteiger partial charge in [0.1, 0.15) is 0 Å². The lowest BCUT2D eigenvalue weighted by molar-refractivity contribution is -0.358. The third-order valence-corrected chi connectivity index (χ3v) is 5.77. The molecule has 0 aromatic rings. The molecule has 1 unspecified atom stereocenters. The number of hydrogen-bond donors (Lipinski definition) is 0. The van der Waals surface area contributed by atoms with Crippen LogP contribution in [0.1, 0.15) is 71.1 Å². The van der Waals surface area contributed by atoms with Gasteiger partial charge in [0.25, 0.3) is 0 Å². The zero-order valence-electron chi connectivity index (χ0n) is 16.0. The molecule has 0 aromatic carbocycles. The van der Waals surface area contributed by atoms with Crippen LogP contribution in [0.25, 0.3) is 0 Å². The molecule has 1 nitrogen and oxygen atoms in total. The lowest BCUT2D eigenvalue weighted by Crippen LogP contribution is -2.46. The van der Waals surface area contributed by atoms with E-state index in [9.17, 15) is 22.0 Å². The Kier molecular flexibility index (Phi) is 8.32. The second-order valence-corrected chi connectivity index (χ2v) is 7.88. The molecule has 0 N–H and O–H groups in total. The number of allylic oxidation sites excluding steroid dienone is 2. The molecule has 0 aromatic heterocycles. The predicted molar refractivity (Wildman–Crippen MR) is 96.8 cm³/mol. The first kappa shape index (κ1) is 22.4. The van der Waals surface area contributed by atoms with Crippen LogP contribution in [0.4, 0.5) is 22.0 Å². The van der Waals surface area contributed by atoms with Crippen LogP contribution in [0.5, 0.6) is 0 Å². The molecule has 0 saturated heterocycles. The van der Waals surface area contributed by atoms with Gasteiger partial charge >= 0.3 is 12.0 Å². The lowest BCUT2D eigenvalue weighted by atomic mass is 9.76. The van der Waals surface area contributed by atoms with E-state index in [0.717, 1.165) is 24.3 Å². The average Bonchev–Trinajstić information content (AvgIpc) is 2.66. The Morgan fingerprint density at radius 2 is 1.74 bits per heavy atom. The summed E-state index contributed by atoms with van der Waals surface area (Å²) in [6.45, 7) is -0.237. The number of hydrogen-bond acceptors (Lipinski definition) is 1. The molecule has 0 bridgehead atoms. The van der Waals surface area contributed by atoms with E-state index in [-0.39, 0.29) is 6.42 Å². The molecular formula is C21H31F5O. The van der Waals surface area contributed by atoms with Crippen molar-refractivity contribution in [2.75, 3.05) is 6.67 Å². The average molecular weight is 394 g/mol. The van der Waals surface area contributed by atoms with E-state index in [2.05, 4.69) is 11.7 Å². The van der Waals surface area contributed by atoms with Crippen molar-refractivity contribution in [2.45, 2.75) is 89.3 Å². The highest BCUT2D eigenvalue weighted by Gasteiger charge is 2.59. The Hall–Kier alpha value is -0.910. The van der Waals surface area contributed by atoms with Gasteiger partial charge in [0.15, 0.2) is 6.67 Å². The zero-order chi connectivity index (χ0) is 19.9. The first-order chi connectivity index (χ1) is 12.8. The normalized spacial score (nSPS) is 26.9. The van der Waals surface area contributed by atoms with Gasteiger partial charge in [-0.25, -0.2) is 4.39 Å². The van der Waals surface area contributed by atoms with Crippen molar-refractivity contribution in [1.29, 1.82) is 0 Å². The van der Waals surface area contributed by atoms with Gasteiger partial charge in [-0.15, -0.1) is 0 Å². The molecule has 156 valence electrons. The molecule has 27 heavy (non-hydrogen) atoms. The molecule has 2 aliphatic rings. The monoisotopic (exact) mass is 394 g/mol. The van der Waals surface area contributed by atoms with E-state index >= 15 is 0 Å². The quantitative estimate of drug-likeness (QED) is 0.280. The Bertz CT molecular complexity index is 507. The van der Waals surface area contributed by atoms with Gasteiger partial charge in [0.05, 0.1) is 6.10 Å². The third kappa shape index (κ3) is 6.30. The van der Waals surface area contributed by atoms with Crippen LogP contribution < -0.4 is 0 Å². The molecule has 1 fully saturated rings. The molecule has 2 rings (SSSR count). The second-order valence-electron chi connectivity index (χ2n) is 7.88. The molecule has 1 saturated carbocycles. The Balaban J connectivity index is 1.76. The first-order valence-corrected chi connectivity index (χ1v) is 10.2. The number of ether oxygens (including phenoxy) is 1. The van der Waals surface area contributed by atoms with Crippen molar-refractivity contribution in [3.8, 4) is 0 Å². The Morgan fingerprint density at radius 1 is 1.04 bits per heavy atom. The number of halogens is 5. The number of unbranched alkanes of at least 4 members (excludes halogenated alkanes) is 3. The van der Waals surface area contributed by atoms with Crippen LogP contribution in [0.3, 0.4) is 0 Å². The van der Waals surface area contributed by atoms with Crippen LogP contribution in [0, 0.1) is 11.8 Å². The third-order valence-electron chi connectivity index (χ3n) is 5.77. The summed E-state index contributed by atoms with van der Waals surface area (Å²) < 4.78 is 68.9. The molecule has 0 heterocycles. The highest BCUT2D eigenvalue weighted by atomic mass is 19.3. The van der Waals surface area contributed by atoms with E-state index in [4.69, 9.17) is 0 Å². The maximum atomic E-state index is 13.4. The van der Waals surface area contributed by atoms with E-state index < -0.39 is 24.8 Å². The highest BCUT2D eigenvalue weighted by Crippen LogP contribution is 2.40. The van der Waals surface area contributed by atoms with Gasteiger partial charge in [-0.3, -0.25) is 0 Å². The molecule has 0 spiro atoms. The Morgan fingerprint density at radius 3 is 2.30 bits per heavy atom. The molecule has 1 atom stereocenters. The predicted octanol–water partition coefficient (Wildman–Crippen LogP) is 7.23.